The first-order valence-electron chi connectivity index (χ1n) is 7.69. The Kier molecular flexibility index (Phi) is 5.34. The SMILES string of the molecule is O=C(c1ccc(Cl)cc1Cl)N1CCN(S(=O)(=O)c2ccccc2)CC1. The van der Waals surface area contributed by atoms with Gasteiger partial charge in [0, 0.05) is 31.2 Å². The van der Waals surface area contributed by atoms with E-state index in [1.165, 1.54) is 10.4 Å². The standard InChI is InChI=1S/C17H16Cl2N2O3S/c18-13-6-7-15(16(19)12-13)17(22)20-8-10-21(11-9-20)25(23,24)14-4-2-1-3-5-14/h1-7,12H,8-11H2. The average molecular weight is 399 g/mol. The quantitative estimate of drug-likeness (QED) is 0.797. The molecule has 1 aliphatic rings. The second-order valence-electron chi connectivity index (χ2n) is 5.63. The van der Waals surface area contributed by atoms with E-state index < -0.39 is 10.0 Å². The zero-order valence-electron chi connectivity index (χ0n) is 13.2. The Morgan fingerprint density at radius 1 is 0.920 bits per heavy atom. The molecule has 0 bridgehead atoms. The molecule has 0 spiro atoms. The molecule has 1 fully saturated rings. The van der Waals surface area contributed by atoms with Gasteiger partial charge in [0.1, 0.15) is 0 Å². The topological polar surface area (TPSA) is 57.7 Å². The lowest BCUT2D eigenvalue weighted by atomic mass is 10.2. The van der Waals surface area contributed by atoms with E-state index in [-0.39, 0.29) is 28.9 Å². The van der Waals surface area contributed by atoms with E-state index in [4.69, 9.17) is 23.2 Å². The summed E-state index contributed by atoms with van der Waals surface area (Å²) < 4.78 is 26.6. The zero-order valence-corrected chi connectivity index (χ0v) is 15.6. The second-order valence-corrected chi connectivity index (χ2v) is 8.42. The molecule has 2 aromatic carbocycles. The van der Waals surface area contributed by atoms with Crippen molar-refractivity contribution in [2.75, 3.05) is 26.2 Å². The lowest BCUT2D eigenvalue weighted by Gasteiger charge is -2.34. The van der Waals surface area contributed by atoms with Gasteiger partial charge in [-0.3, -0.25) is 4.79 Å². The number of hydrogen-bond donors (Lipinski definition) is 0. The number of amides is 1. The minimum atomic E-state index is -3.54. The first kappa shape index (κ1) is 18.2. The van der Waals surface area contributed by atoms with E-state index in [1.54, 1.807) is 47.4 Å². The molecule has 0 aliphatic carbocycles. The molecular weight excluding hydrogens is 383 g/mol. The molecule has 0 atom stereocenters. The number of rotatable bonds is 3. The molecule has 0 radical (unpaired) electrons. The maximum Gasteiger partial charge on any atom is 0.255 e. The molecule has 1 heterocycles. The van der Waals surface area contributed by atoms with Crippen molar-refractivity contribution in [3.63, 3.8) is 0 Å². The van der Waals surface area contributed by atoms with E-state index >= 15 is 0 Å². The van der Waals surface area contributed by atoms with Crippen LogP contribution in [0.15, 0.2) is 53.4 Å². The Morgan fingerprint density at radius 2 is 1.56 bits per heavy atom. The van der Waals surface area contributed by atoms with E-state index in [2.05, 4.69) is 0 Å². The molecule has 3 rings (SSSR count). The lowest BCUT2D eigenvalue weighted by Crippen LogP contribution is -2.50. The number of nitrogens with zero attached hydrogens (tertiary/aromatic N) is 2. The molecule has 5 nitrogen and oxygen atoms in total. The van der Waals surface area contributed by atoms with Crippen molar-refractivity contribution in [2.24, 2.45) is 0 Å². The molecule has 0 aromatic heterocycles. The Labute approximate surface area is 156 Å². The molecular formula is C17H16Cl2N2O3S. The number of piperazine rings is 1. The van der Waals surface area contributed by atoms with Crippen molar-refractivity contribution < 1.29 is 13.2 Å². The summed E-state index contributed by atoms with van der Waals surface area (Å²) >= 11 is 11.9. The summed E-state index contributed by atoms with van der Waals surface area (Å²) in [6, 6.07) is 13.0. The largest absolute Gasteiger partial charge is 0.336 e. The van der Waals surface area contributed by atoms with Crippen LogP contribution in [0.2, 0.25) is 10.0 Å². The van der Waals surface area contributed by atoms with Crippen LogP contribution in [0.4, 0.5) is 0 Å². The second kappa shape index (κ2) is 7.33. The number of hydrogen-bond acceptors (Lipinski definition) is 3. The van der Waals surface area contributed by atoms with Crippen LogP contribution in [0.5, 0.6) is 0 Å². The molecule has 1 saturated heterocycles. The smallest absolute Gasteiger partial charge is 0.255 e. The van der Waals surface area contributed by atoms with Gasteiger partial charge >= 0.3 is 0 Å². The van der Waals surface area contributed by atoms with Crippen molar-refractivity contribution in [3.8, 4) is 0 Å². The molecule has 8 heteroatoms. The molecule has 2 aromatic rings. The predicted molar refractivity (Wildman–Crippen MR) is 97.6 cm³/mol. The monoisotopic (exact) mass is 398 g/mol. The fraction of sp³-hybridized carbons (Fsp3) is 0.235. The van der Waals surface area contributed by atoms with Gasteiger partial charge in [-0.1, -0.05) is 41.4 Å². The number of sulfonamides is 1. The highest BCUT2D eigenvalue weighted by atomic mass is 35.5. The summed E-state index contributed by atoms with van der Waals surface area (Å²) in [5, 5.41) is 0.747. The number of carbonyl (C=O) groups excluding carboxylic acids is 1. The van der Waals surface area contributed by atoms with Crippen LogP contribution in [0.3, 0.4) is 0 Å². The van der Waals surface area contributed by atoms with Gasteiger partial charge in [-0.2, -0.15) is 4.31 Å². The summed E-state index contributed by atoms with van der Waals surface area (Å²) in [7, 11) is -3.54. The van der Waals surface area contributed by atoms with Gasteiger partial charge in [-0.05, 0) is 30.3 Å². The molecule has 0 unspecified atom stereocenters. The molecule has 25 heavy (non-hydrogen) atoms. The van der Waals surface area contributed by atoms with Crippen molar-refractivity contribution in [3.05, 3.63) is 64.1 Å². The van der Waals surface area contributed by atoms with E-state index in [1.807, 2.05) is 0 Å². The van der Waals surface area contributed by atoms with Crippen LogP contribution in [0.1, 0.15) is 10.4 Å². The van der Waals surface area contributed by atoms with Gasteiger partial charge in [0.25, 0.3) is 5.91 Å². The number of carbonyl (C=O) groups is 1. The highest BCUT2D eigenvalue weighted by molar-refractivity contribution is 7.89. The van der Waals surface area contributed by atoms with Crippen LogP contribution < -0.4 is 0 Å². The van der Waals surface area contributed by atoms with E-state index in [0.29, 0.717) is 23.7 Å². The first-order chi connectivity index (χ1) is 11.9. The van der Waals surface area contributed by atoms with Crippen molar-refractivity contribution in [1.82, 2.24) is 9.21 Å². The maximum absolute atomic E-state index is 12.6. The highest BCUT2D eigenvalue weighted by Gasteiger charge is 2.30. The van der Waals surface area contributed by atoms with Crippen molar-refractivity contribution in [2.45, 2.75) is 4.90 Å². The van der Waals surface area contributed by atoms with Gasteiger partial charge in [0.05, 0.1) is 15.5 Å². The molecule has 0 N–H and O–H groups in total. The third-order valence-electron chi connectivity index (χ3n) is 4.07. The van der Waals surface area contributed by atoms with E-state index in [9.17, 15) is 13.2 Å². The summed E-state index contributed by atoms with van der Waals surface area (Å²) in [6.07, 6.45) is 0. The third kappa shape index (κ3) is 3.82. The average Bonchev–Trinajstić information content (AvgIpc) is 2.62. The Hall–Kier alpha value is -1.60. The third-order valence-corrected chi connectivity index (χ3v) is 6.53. The molecule has 1 aliphatic heterocycles. The zero-order chi connectivity index (χ0) is 18.0. The fourth-order valence-electron chi connectivity index (χ4n) is 2.71. The molecule has 1 amide bonds. The lowest BCUT2D eigenvalue weighted by molar-refractivity contribution is 0.0698. The summed E-state index contributed by atoms with van der Waals surface area (Å²) in [6.45, 7) is 1.11. The van der Waals surface area contributed by atoms with Crippen LogP contribution in [-0.2, 0) is 10.0 Å². The van der Waals surface area contributed by atoms with Crippen molar-refractivity contribution in [1.29, 1.82) is 0 Å². The molecule has 0 saturated carbocycles. The Bertz CT molecular complexity index is 880. The number of halogens is 2. The summed E-state index contributed by atoms with van der Waals surface area (Å²) in [4.78, 5) is 14.5. The van der Waals surface area contributed by atoms with Crippen molar-refractivity contribution >= 4 is 39.1 Å². The predicted octanol–water partition coefficient (Wildman–Crippen LogP) is 3.14. The van der Waals surface area contributed by atoms with Crippen LogP contribution in [0, 0.1) is 0 Å². The van der Waals surface area contributed by atoms with Crippen LogP contribution in [-0.4, -0.2) is 49.7 Å². The minimum Gasteiger partial charge on any atom is -0.336 e. The van der Waals surface area contributed by atoms with Gasteiger partial charge < -0.3 is 4.90 Å². The van der Waals surface area contributed by atoms with Crippen LogP contribution >= 0.6 is 23.2 Å². The minimum absolute atomic E-state index is 0.224. The maximum atomic E-state index is 12.6. The van der Waals surface area contributed by atoms with E-state index in [0.717, 1.165) is 0 Å². The first-order valence-corrected chi connectivity index (χ1v) is 9.89. The normalized spacial score (nSPS) is 16.0. The van der Waals surface area contributed by atoms with Crippen LogP contribution in [0.25, 0.3) is 0 Å². The van der Waals surface area contributed by atoms with Gasteiger partial charge in [0.15, 0.2) is 0 Å². The molecule has 132 valence electrons. The Balaban J connectivity index is 1.70. The van der Waals surface area contributed by atoms with Gasteiger partial charge in [-0.15, -0.1) is 0 Å². The summed E-state index contributed by atoms with van der Waals surface area (Å²) in [5.41, 5.74) is 0.366. The fourth-order valence-corrected chi connectivity index (χ4v) is 4.64. The number of benzene rings is 2. The Morgan fingerprint density at radius 3 is 2.16 bits per heavy atom. The summed E-state index contributed by atoms with van der Waals surface area (Å²) in [5.74, 6) is -0.224. The van der Waals surface area contributed by atoms with Gasteiger partial charge in [0.2, 0.25) is 10.0 Å². The van der Waals surface area contributed by atoms with Gasteiger partial charge in [-0.25, -0.2) is 8.42 Å². The highest BCUT2D eigenvalue weighted by Crippen LogP contribution is 2.24.